The van der Waals surface area contributed by atoms with Gasteiger partial charge >= 0.3 is 0 Å². The Kier molecular flexibility index (Phi) is 7.31. The van der Waals surface area contributed by atoms with Gasteiger partial charge in [-0.25, -0.2) is 0 Å². The lowest BCUT2D eigenvalue weighted by molar-refractivity contribution is -0.250. The minimum atomic E-state index is -1.21. The summed E-state index contributed by atoms with van der Waals surface area (Å²) in [5, 5.41) is 65.6. The zero-order chi connectivity index (χ0) is 26.2. The summed E-state index contributed by atoms with van der Waals surface area (Å²) < 4.78 is 0. The van der Waals surface area contributed by atoms with Gasteiger partial charge in [0.15, 0.2) is 0 Å². The van der Waals surface area contributed by atoms with Crippen LogP contribution in [0.4, 0.5) is 0 Å². The molecular weight excluding hydrogens is 448 g/mol. The minimum Gasteiger partial charge on any atom is -0.390 e. The van der Waals surface area contributed by atoms with E-state index in [1.54, 1.807) is 0 Å². The summed E-state index contributed by atoms with van der Waals surface area (Å²) >= 11 is 0. The quantitative estimate of drug-likeness (QED) is 0.341. The number of hydrogen-bond donors (Lipinski definition) is 6. The third-order valence-electron chi connectivity index (χ3n) is 11.7. The van der Waals surface area contributed by atoms with E-state index in [1.807, 2.05) is 27.7 Å². The highest BCUT2D eigenvalue weighted by Gasteiger charge is 2.69. The van der Waals surface area contributed by atoms with Crippen LogP contribution in [0.1, 0.15) is 73.6 Å². The minimum absolute atomic E-state index is 0.0411. The van der Waals surface area contributed by atoms with Crippen molar-refractivity contribution in [3.05, 3.63) is 0 Å². The third kappa shape index (κ3) is 3.95. The lowest BCUT2D eigenvalue weighted by Gasteiger charge is -2.64. The maximum atomic E-state index is 13.6. The normalized spacial score (nSPS) is 51.2. The molecule has 7 heteroatoms. The highest BCUT2D eigenvalue weighted by atomic mass is 16.3. The van der Waals surface area contributed by atoms with Crippen molar-refractivity contribution in [3.8, 4) is 0 Å². The first kappa shape index (κ1) is 27.5. The summed E-state index contributed by atoms with van der Waals surface area (Å²) in [6.45, 7) is 12.1. The maximum Gasteiger partial charge on any atom is 0.137 e. The molecule has 0 spiro atoms. The fourth-order valence-electron chi connectivity index (χ4n) is 9.20. The molecule has 35 heavy (non-hydrogen) atoms. The Morgan fingerprint density at radius 2 is 1.43 bits per heavy atom. The molecule has 202 valence electrons. The molecule has 0 amide bonds. The summed E-state index contributed by atoms with van der Waals surface area (Å²) in [5.41, 5.74) is -0.925. The zero-order valence-corrected chi connectivity index (χ0v) is 22.2. The largest absolute Gasteiger partial charge is 0.390 e. The van der Waals surface area contributed by atoms with Gasteiger partial charge in [0.2, 0.25) is 0 Å². The lowest BCUT2D eigenvalue weighted by Crippen LogP contribution is -2.68. The molecular formula is C28H48O7. The monoisotopic (exact) mass is 496 g/mol. The van der Waals surface area contributed by atoms with E-state index in [2.05, 4.69) is 13.8 Å². The first-order valence-corrected chi connectivity index (χ1v) is 13.8. The first-order valence-electron chi connectivity index (χ1n) is 13.8. The molecule has 0 saturated heterocycles. The highest BCUT2D eigenvalue weighted by molar-refractivity contribution is 5.85. The van der Waals surface area contributed by atoms with Crippen LogP contribution in [0.2, 0.25) is 0 Å². The van der Waals surface area contributed by atoms with E-state index in [-0.39, 0.29) is 35.4 Å². The zero-order valence-electron chi connectivity index (χ0n) is 22.2. The second kappa shape index (κ2) is 9.32. The number of ketones is 1. The van der Waals surface area contributed by atoms with Gasteiger partial charge in [-0.05, 0) is 66.1 Å². The molecule has 0 aromatic carbocycles. The van der Waals surface area contributed by atoms with E-state index in [0.717, 1.165) is 12.8 Å². The van der Waals surface area contributed by atoms with Crippen LogP contribution in [-0.4, -0.2) is 73.0 Å². The molecule has 6 N–H and O–H groups in total. The van der Waals surface area contributed by atoms with Crippen molar-refractivity contribution in [2.45, 2.75) is 110 Å². The molecule has 15 atom stereocenters. The van der Waals surface area contributed by atoms with Gasteiger partial charge in [-0.15, -0.1) is 0 Å². The summed E-state index contributed by atoms with van der Waals surface area (Å²) in [7, 11) is 0. The average molecular weight is 497 g/mol. The van der Waals surface area contributed by atoms with Crippen LogP contribution < -0.4 is 0 Å². The lowest BCUT2D eigenvalue weighted by atomic mass is 9.42. The molecule has 0 bridgehead atoms. The van der Waals surface area contributed by atoms with Crippen molar-refractivity contribution in [1.29, 1.82) is 0 Å². The van der Waals surface area contributed by atoms with Crippen molar-refractivity contribution in [1.82, 2.24) is 0 Å². The van der Waals surface area contributed by atoms with E-state index in [4.69, 9.17) is 0 Å². The van der Waals surface area contributed by atoms with Crippen LogP contribution in [-0.2, 0) is 4.79 Å². The Hall–Kier alpha value is -0.570. The van der Waals surface area contributed by atoms with Crippen LogP contribution in [0.15, 0.2) is 0 Å². The highest BCUT2D eigenvalue weighted by Crippen LogP contribution is 2.67. The van der Waals surface area contributed by atoms with Crippen LogP contribution in [0, 0.1) is 58.2 Å². The van der Waals surface area contributed by atoms with Crippen LogP contribution in [0.25, 0.3) is 0 Å². The van der Waals surface area contributed by atoms with Gasteiger partial charge in [0.25, 0.3) is 0 Å². The number of carbonyl (C=O) groups excluding carboxylic acids is 1. The Morgan fingerprint density at radius 1 is 0.829 bits per heavy atom. The standard InChI is InChI=1S/C28H48O7/c1-12(2)13(3)22(31)23(32)14(4)16-11-18(30)20-19-15(7-9-28(16,20)6)27(5)10-8-17(29)24(33)21(27)26(35)25(19)34/h12-17,19-26,29,31-35H,7-11H2,1-6H3. The molecule has 4 fully saturated rings. The van der Waals surface area contributed by atoms with E-state index in [9.17, 15) is 35.4 Å². The van der Waals surface area contributed by atoms with Crippen molar-refractivity contribution in [2.24, 2.45) is 58.2 Å². The van der Waals surface area contributed by atoms with Gasteiger partial charge in [-0.3, -0.25) is 4.79 Å². The Balaban J connectivity index is 1.65. The molecule has 15 unspecified atom stereocenters. The van der Waals surface area contributed by atoms with Crippen molar-refractivity contribution in [2.75, 3.05) is 0 Å². The number of aliphatic hydroxyl groups excluding tert-OH is 6. The second-order valence-corrected chi connectivity index (χ2v) is 13.5. The topological polar surface area (TPSA) is 138 Å². The molecule has 7 nitrogen and oxygen atoms in total. The molecule has 4 rings (SSSR count). The Bertz CT molecular complexity index is 802. The van der Waals surface area contributed by atoms with Gasteiger partial charge < -0.3 is 30.6 Å². The average Bonchev–Trinajstić information content (AvgIpc) is 3.08. The Morgan fingerprint density at radius 3 is 2.03 bits per heavy atom. The molecule has 0 radical (unpaired) electrons. The molecule has 4 aliphatic rings. The van der Waals surface area contributed by atoms with Gasteiger partial charge in [0.05, 0.1) is 36.6 Å². The molecule has 4 saturated carbocycles. The fraction of sp³-hybridized carbons (Fsp3) is 0.964. The summed E-state index contributed by atoms with van der Waals surface area (Å²) in [4.78, 5) is 13.6. The van der Waals surface area contributed by atoms with E-state index in [1.165, 1.54) is 0 Å². The number of rotatable bonds is 5. The number of hydrogen-bond acceptors (Lipinski definition) is 7. The van der Waals surface area contributed by atoms with Crippen molar-refractivity contribution in [3.63, 3.8) is 0 Å². The van der Waals surface area contributed by atoms with Gasteiger partial charge in [0, 0.05) is 24.2 Å². The fourth-order valence-corrected chi connectivity index (χ4v) is 9.20. The first-order chi connectivity index (χ1) is 16.2. The second-order valence-electron chi connectivity index (χ2n) is 13.5. The van der Waals surface area contributed by atoms with Gasteiger partial charge in [0.1, 0.15) is 5.78 Å². The van der Waals surface area contributed by atoms with E-state index in [0.29, 0.717) is 19.3 Å². The van der Waals surface area contributed by atoms with Crippen LogP contribution in [0.5, 0.6) is 0 Å². The van der Waals surface area contributed by atoms with Crippen molar-refractivity contribution >= 4 is 5.78 Å². The van der Waals surface area contributed by atoms with Gasteiger partial charge in [-0.1, -0.05) is 41.5 Å². The SMILES string of the molecule is CC(C)C(C)C(O)C(O)C(C)C1CC(=O)C2C3C(O)C(O)C4C(O)C(O)CCC4(C)C3CCC12C. The maximum absolute atomic E-state index is 13.6. The third-order valence-corrected chi connectivity index (χ3v) is 11.7. The predicted molar refractivity (Wildman–Crippen MR) is 131 cm³/mol. The van der Waals surface area contributed by atoms with Crippen LogP contribution >= 0.6 is 0 Å². The van der Waals surface area contributed by atoms with E-state index >= 15 is 0 Å². The molecule has 0 heterocycles. The molecule has 0 aromatic heterocycles. The molecule has 4 aliphatic carbocycles. The number of fused-ring (bicyclic) bond motifs is 5. The van der Waals surface area contributed by atoms with Crippen molar-refractivity contribution < 1.29 is 35.4 Å². The smallest absolute Gasteiger partial charge is 0.137 e. The van der Waals surface area contributed by atoms with E-state index < -0.39 is 65.2 Å². The number of carbonyl (C=O) groups is 1. The predicted octanol–water partition coefficient (Wildman–Crippen LogP) is 1.75. The molecule has 0 aromatic rings. The summed E-state index contributed by atoms with van der Waals surface area (Å²) in [5.74, 6) is -1.74. The van der Waals surface area contributed by atoms with Crippen LogP contribution in [0.3, 0.4) is 0 Å². The summed E-state index contributed by atoms with van der Waals surface area (Å²) in [6.07, 6.45) is -3.32. The number of aliphatic hydroxyl groups is 6. The molecule has 0 aliphatic heterocycles. The summed E-state index contributed by atoms with van der Waals surface area (Å²) in [6, 6.07) is 0. The van der Waals surface area contributed by atoms with Gasteiger partial charge in [-0.2, -0.15) is 0 Å². The number of Topliss-reactive ketones (excluding diaryl/α,β-unsaturated/α-hetero) is 1. The Labute approximate surface area is 209 Å².